The van der Waals surface area contributed by atoms with Crippen LogP contribution in [0.2, 0.25) is 15.1 Å². The van der Waals surface area contributed by atoms with Gasteiger partial charge in [-0.3, -0.25) is 10.1 Å². The van der Waals surface area contributed by atoms with Gasteiger partial charge in [-0.25, -0.2) is 0 Å². The van der Waals surface area contributed by atoms with Crippen LogP contribution < -0.4 is 4.74 Å². The standard InChI is InChI=1S/C13H5Cl3N2O3/c14-8-1-2-12(7(3-8)6-17)21-13-5-10(16)9(15)4-11(13)18(19)20/h1-5H. The molecule has 2 aromatic rings. The van der Waals surface area contributed by atoms with Crippen LogP contribution in [0.1, 0.15) is 5.56 Å². The lowest BCUT2D eigenvalue weighted by atomic mass is 10.2. The van der Waals surface area contributed by atoms with Crippen LogP contribution in [-0.2, 0) is 0 Å². The van der Waals surface area contributed by atoms with E-state index in [4.69, 9.17) is 44.8 Å². The number of nitriles is 1. The topological polar surface area (TPSA) is 76.2 Å². The molecule has 0 aliphatic heterocycles. The monoisotopic (exact) mass is 342 g/mol. The second-order valence-electron chi connectivity index (χ2n) is 3.85. The number of hydrogen-bond acceptors (Lipinski definition) is 4. The number of benzene rings is 2. The van der Waals surface area contributed by atoms with E-state index in [-0.39, 0.29) is 32.8 Å². The smallest absolute Gasteiger partial charge is 0.313 e. The van der Waals surface area contributed by atoms with Gasteiger partial charge in [0.15, 0.2) is 0 Å². The van der Waals surface area contributed by atoms with E-state index in [9.17, 15) is 10.1 Å². The maximum absolute atomic E-state index is 11.0. The number of nitro benzene ring substituents is 1. The molecule has 0 N–H and O–H groups in total. The van der Waals surface area contributed by atoms with Crippen LogP contribution >= 0.6 is 34.8 Å². The van der Waals surface area contributed by atoms with Crippen molar-refractivity contribution in [3.05, 3.63) is 61.1 Å². The Morgan fingerprint density at radius 3 is 2.38 bits per heavy atom. The van der Waals surface area contributed by atoms with Gasteiger partial charge < -0.3 is 4.74 Å². The number of nitrogens with zero attached hydrogens (tertiary/aromatic N) is 2. The molecule has 0 unspecified atom stereocenters. The van der Waals surface area contributed by atoms with E-state index in [0.717, 1.165) is 6.07 Å². The second kappa shape index (κ2) is 6.19. The summed E-state index contributed by atoms with van der Waals surface area (Å²) < 4.78 is 5.42. The lowest BCUT2D eigenvalue weighted by Gasteiger charge is -2.09. The molecular weight excluding hydrogens is 339 g/mol. The molecule has 0 aliphatic rings. The Bertz CT molecular complexity index is 772. The van der Waals surface area contributed by atoms with Crippen LogP contribution in [0.15, 0.2) is 30.3 Å². The third-order valence-corrected chi connectivity index (χ3v) is 3.44. The summed E-state index contributed by atoms with van der Waals surface area (Å²) in [4.78, 5) is 10.4. The summed E-state index contributed by atoms with van der Waals surface area (Å²) in [5.41, 5.74) is -0.217. The first kappa shape index (κ1) is 15.4. The fourth-order valence-electron chi connectivity index (χ4n) is 1.54. The molecule has 0 spiro atoms. The fraction of sp³-hybridized carbons (Fsp3) is 0. The molecular formula is C13H5Cl3N2O3. The molecule has 0 atom stereocenters. The Hall–Kier alpha value is -2.00. The molecule has 2 rings (SSSR count). The minimum Gasteiger partial charge on any atom is -0.449 e. The molecule has 21 heavy (non-hydrogen) atoms. The Kier molecular flexibility index (Phi) is 4.53. The summed E-state index contributed by atoms with van der Waals surface area (Å²) in [5, 5.41) is 20.5. The third-order valence-electron chi connectivity index (χ3n) is 2.48. The third kappa shape index (κ3) is 3.37. The average Bonchev–Trinajstić information content (AvgIpc) is 2.44. The van der Waals surface area contributed by atoms with Crippen LogP contribution in [0.5, 0.6) is 11.5 Å². The van der Waals surface area contributed by atoms with Crippen molar-refractivity contribution >= 4 is 40.5 Å². The molecule has 8 heteroatoms. The summed E-state index contributed by atoms with van der Waals surface area (Å²) in [7, 11) is 0. The number of hydrogen-bond donors (Lipinski definition) is 0. The summed E-state index contributed by atoms with van der Waals surface area (Å²) in [6.45, 7) is 0. The van der Waals surface area contributed by atoms with Gasteiger partial charge in [0.1, 0.15) is 11.8 Å². The lowest BCUT2D eigenvalue weighted by molar-refractivity contribution is -0.385. The zero-order valence-corrected chi connectivity index (χ0v) is 12.4. The zero-order chi connectivity index (χ0) is 15.6. The van der Waals surface area contributed by atoms with Crippen molar-refractivity contribution < 1.29 is 9.66 Å². The molecule has 0 amide bonds. The maximum atomic E-state index is 11.0. The molecule has 2 aromatic carbocycles. The molecule has 0 bridgehead atoms. The quantitative estimate of drug-likeness (QED) is 0.565. The summed E-state index contributed by atoms with van der Waals surface area (Å²) in [6, 6.07) is 8.53. The maximum Gasteiger partial charge on any atom is 0.313 e. The predicted molar refractivity (Wildman–Crippen MR) is 79.4 cm³/mol. The molecule has 0 fully saturated rings. The van der Waals surface area contributed by atoms with Gasteiger partial charge >= 0.3 is 5.69 Å². The van der Waals surface area contributed by atoms with Gasteiger partial charge in [0.25, 0.3) is 0 Å². The highest BCUT2D eigenvalue weighted by atomic mass is 35.5. The minimum atomic E-state index is -0.653. The molecule has 0 saturated carbocycles. The van der Waals surface area contributed by atoms with Crippen LogP contribution in [0, 0.1) is 21.4 Å². The van der Waals surface area contributed by atoms with Crippen LogP contribution in [-0.4, -0.2) is 4.92 Å². The lowest BCUT2D eigenvalue weighted by Crippen LogP contribution is -1.95. The van der Waals surface area contributed by atoms with E-state index in [2.05, 4.69) is 0 Å². The van der Waals surface area contributed by atoms with Gasteiger partial charge in [-0.2, -0.15) is 5.26 Å². The highest BCUT2D eigenvalue weighted by molar-refractivity contribution is 6.42. The average molecular weight is 344 g/mol. The SMILES string of the molecule is N#Cc1cc(Cl)ccc1Oc1cc(Cl)c(Cl)cc1[N+](=O)[O-]. The van der Waals surface area contributed by atoms with Gasteiger partial charge in [-0.05, 0) is 18.2 Å². The number of nitro groups is 1. The first-order valence-corrected chi connectivity index (χ1v) is 6.56. The van der Waals surface area contributed by atoms with Gasteiger partial charge in [0.2, 0.25) is 5.75 Å². The fourth-order valence-corrected chi connectivity index (χ4v) is 2.02. The molecule has 5 nitrogen and oxygen atoms in total. The van der Waals surface area contributed by atoms with Crippen molar-refractivity contribution in [2.45, 2.75) is 0 Å². The van der Waals surface area contributed by atoms with E-state index in [1.165, 1.54) is 24.3 Å². The van der Waals surface area contributed by atoms with E-state index in [1.54, 1.807) is 0 Å². The Morgan fingerprint density at radius 1 is 1.10 bits per heavy atom. The van der Waals surface area contributed by atoms with E-state index < -0.39 is 4.92 Å². The first-order valence-electron chi connectivity index (χ1n) is 5.43. The van der Waals surface area contributed by atoms with Crippen molar-refractivity contribution in [1.82, 2.24) is 0 Å². The van der Waals surface area contributed by atoms with Gasteiger partial charge in [0.05, 0.1) is 20.5 Å². The normalized spacial score (nSPS) is 10.0. The second-order valence-corrected chi connectivity index (χ2v) is 5.10. The van der Waals surface area contributed by atoms with Crippen molar-refractivity contribution in [1.29, 1.82) is 5.26 Å². The van der Waals surface area contributed by atoms with Crippen molar-refractivity contribution in [2.75, 3.05) is 0 Å². The van der Waals surface area contributed by atoms with Gasteiger partial charge in [-0.15, -0.1) is 0 Å². The molecule has 0 heterocycles. The minimum absolute atomic E-state index is 0.0346. The van der Waals surface area contributed by atoms with E-state index in [1.807, 2.05) is 6.07 Å². The largest absolute Gasteiger partial charge is 0.449 e. The molecule has 0 aliphatic carbocycles. The molecule has 0 aromatic heterocycles. The summed E-state index contributed by atoms with van der Waals surface area (Å²) in [5.74, 6) is 0.0108. The molecule has 0 radical (unpaired) electrons. The van der Waals surface area contributed by atoms with Gasteiger partial charge in [0, 0.05) is 17.2 Å². The van der Waals surface area contributed by atoms with Crippen LogP contribution in [0.4, 0.5) is 5.69 Å². The summed E-state index contributed by atoms with van der Waals surface area (Å²) in [6.07, 6.45) is 0. The highest BCUT2D eigenvalue weighted by Gasteiger charge is 2.20. The Morgan fingerprint density at radius 2 is 1.76 bits per heavy atom. The molecule has 0 saturated heterocycles. The summed E-state index contributed by atoms with van der Waals surface area (Å²) >= 11 is 17.4. The molecule has 106 valence electrons. The first-order chi connectivity index (χ1) is 9.92. The van der Waals surface area contributed by atoms with Crippen LogP contribution in [0.25, 0.3) is 0 Å². The van der Waals surface area contributed by atoms with Crippen LogP contribution in [0.3, 0.4) is 0 Å². The number of halogens is 3. The zero-order valence-electron chi connectivity index (χ0n) is 10.1. The van der Waals surface area contributed by atoms with Gasteiger partial charge in [-0.1, -0.05) is 34.8 Å². The Balaban J connectivity index is 2.52. The highest BCUT2D eigenvalue weighted by Crippen LogP contribution is 2.39. The Labute approximate surface area is 134 Å². The van der Waals surface area contributed by atoms with Crippen molar-refractivity contribution in [3.63, 3.8) is 0 Å². The number of ether oxygens (including phenoxy) is 1. The van der Waals surface area contributed by atoms with Crippen molar-refractivity contribution in [2.24, 2.45) is 0 Å². The number of rotatable bonds is 3. The van der Waals surface area contributed by atoms with Crippen molar-refractivity contribution in [3.8, 4) is 17.6 Å². The van der Waals surface area contributed by atoms with E-state index in [0.29, 0.717) is 5.02 Å². The predicted octanol–water partition coefficient (Wildman–Crippen LogP) is 5.22. The van der Waals surface area contributed by atoms with E-state index >= 15 is 0 Å².